The van der Waals surface area contributed by atoms with Crippen LogP contribution in [0.15, 0.2) is 24.3 Å². The third kappa shape index (κ3) is 3.66. The Balaban J connectivity index is 2.39. The zero-order chi connectivity index (χ0) is 9.52. The van der Waals surface area contributed by atoms with E-state index >= 15 is 0 Å². The molecule has 0 amide bonds. The van der Waals surface area contributed by atoms with Gasteiger partial charge < -0.3 is 4.74 Å². The summed E-state index contributed by atoms with van der Waals surface area (Å²) in [4.78, 5) is 0. The minimum Gasteiger partial charge on any atom is -0.493 e. The predicted octanol–water partition coefficient (Wildman–Crippen LogP) is 2.79. The predicted molar refractivity (Wildman–Crippen MR) is 54.7 cm³/mol. The molecular formula is C12H14O. The highest BCUT2D eigenvalue weighted by atomic mass is 16.5. The average molecular weight is 174 g/mol. The van der Waals surface area contributed by atoms with Gasteiger partial charge in [-0.1, -0.05) is 12.1 Å². The van der Waals surface area contributed by atoms with E-state index in [0.29, 0.717) is 6.61 Å². The molecule has 0 spiro atoms. The van der Waals surface area contributed by atoms with Gasteiger partial charge in [-0.3, -0.25) is 0 Å². The highest BCUT2D eigenvalue weighted by Crippen LogP contribution is 2.12. The van der Waals surface area contributed by atoms with Crippen molar-refractivity contribution in [2.24, 2.45) is 0 Å². The second-order valence-corrected chi connectivity index (χ2v) is 2.84. The number of aryl methyl sites for hydroxylation is 1. The molecule has 0 radical (unpaired) electrons. The molecule has 0 saturated carbocycles. The molecule has 0 unspecified atom stereocenters. The standard InChI is InChI=1S/C12H14O/c1-3-4-5-9-13-12-8-6-7-11(2)10-12/h6-8,10H,5,9H2,1-2H3. The summed E-state index contributed by atoms with van der Waals surface area (Å²) < 4.78 is 5.49. The van der Waals surface area contributed by atoms with Crippen LogP contribution in [0.5, 0.6) is 5.75 Å². The summed E-state index contributed by atoms with van der Waals surface area (Å²) in [5.74, 6) is 6.72. The molecule has 0 bridgehead atoms. The van der Waals surface area contributed by atoms with E-state index in [2.05, 4.69) is 24.8 Å². The minimum atomic E-state index is 0.671. The Kier molecular flexibility index (Phi) is 3.92. The minimum absolute atomic E-state index is 0.671. The molecule has 68 valence electrons. The van der Waals surface area contributed by atoms with Crippen molar-refractivity contribution < 1.29 is 4.74 Å². The van der Waals surface area contributed by atoms with Gasteiger partial charge in [0, 0.05) is 6.42 Å². The van der Waals surface area contributed by atoms with Crippen LogP contribution in [0.1, 0.15) is 18.9 Å². The molecule has 0 aliphatic heterocycles. The van der Waals surface area contributed by atoms with Crippen LogP contribution in [0.2, 0.25) is 0 Å². The molecule has 0 aromatic heterocycles. The lowest BCUT2D eigenvalue weighted by atomic mass is 10.2. The molecule has 0 N–H and O–H groups in total. The Hall–Kier alpha value is -1.42. The molecule has 0 atom stereocenters. The molecule has 1 nitrogen and oxygen atoms in total. The van der Waals surface area contributed by atoms with Crippen molar-refractivity contribution >= 4 is 0 Å². The third-order valence-electron chi connectivity index (χ3n) is 1.66. The molecule has 1 heteroatoms. The lowest BCUT2D eigenvalue weighted by Crippen LogP contribution is -1.95. The van der Waals surface area contributed by atoms with Gasteiger partial charge >= 0.3 is 0 Å². The van der Waals surface area contributed by atoms with Crippen LogP contribution in [-0.2, 0) is 0 Å². The van der Waals surface area contributed by atoms with Crippen molar-refractivity contribution in [2.75, 3.05) is 6.61 Å². The maximum absolute atomic E-state index is 5.49. The first-order chi connectivity index (χ1) is 6.33. The molecule has 0 aliphatic carbocycles. The van der Waals surface area contributed by atoms with Crippen molar-refractivity contribution in [3.8, 4) is 17.6 Å². The SMILES string of the molecule is CC#CCCOc1cccc(C)c1. The molecule has 0 aliphatic rings. The molecule has 1 aromatic rings. The molecular weight excluding hydrogens is 160 g/mol. The van der Waals surface area contributed by atoms with Crippen molar-refractivity contribution in [1.82, 2.24) is 0 Å². The number of rotatable bonds is 3. The normalized spacial score (nSPS) is 8.77. The number of ether oxygens (including phenoxy) is 1. The molecule has 1 aromatic carbocycles. The first-order valence-electron chi connectivity index (χ1n) is 4.42. The number of hydrogen-bond donors (Lipinski definition) is 0. The second kappa shape index (κ2) is 5.27. The van der Waals surface area contributed by atoms with E-state index in [0.717, 1.165) is 12.2 Å². The summed E-state index contributed by atoms with van der Waals surface area (Å²) >= 11 is 0. The van der Waals surface area contributed by atoms with Crippen LogP contribution >= 0.6 is 0 Å². The van der Waals surface area contributed by atoms with E-state index in [1.165, 1.54) is 5.56 Å². The molecule has 1 rings (SSSR count). The van der Waals surface area contributed by atoms with Crippen LogP contribution in [-0.4, -0.2) is 6.61 Å². The van der Waals surface area contributed by atoms with Crippen molar-refractivity contribution in [3.05, 3.63) is 29.8 Å². The van der Waals surface area contributed by atoms with Crippen molar-refractivity contribution in [3.63, 3.8) is 0 Å². The Labute approximate surface area is 79.7 Å². The van der Waals surface area contributed by atoms with Crippen molar-refractivity contribution in [1.29, 1.82) is 0 Å². The second-order valence-electron chi connectivity index (χ2n) is 2.84. The lowest BCUT2D eigenvalue weighted by Gasteiger charge is -2.03. The molecule has 0 fully saturated rings. The Bertz CT molecular complexity index is 317. The summed E-state index contributed by atoms with van der Waals surface area (Å²) in [7, 11) is 0. The summed E-state index contributed by atoms with van der Waals surface area (Å²) in [6, 6.07) is 8.04. The maximum Gasteiger partial charge on any atom is 0.119 e. The molecule has 0 saturated heterocycles. The van der Waals surface area contributed by atoms with E-state index in [1.54, 1.807) is 0 Å². The third-order valence-corrected chi connectivity index (χ3v) is 1.66. The van der Waals surface area contributed by atoms with Crippen LogP contribution in [0.3, 0.4) is 0 Å². The fourth-order valence-electron chi connectivity index (χ4n) is 1.05. The van der Waals surface area contributed by atoms with Crippen LogP contribution in [0.25, 0.3) is 0 Å². The zero-order valence-electron chi connectivity index (χ0n) is 8.13. The van der Waals surface area contributed by atoms with E-state index < -0.39 is 0 Å². The van der Waals surface area contributed by atoms with Crippen LogP contribution in [0, 0.1) is 18.8 Å². The van der Waals surface area contributed by atoms with Gasteiger partial charge in [0.15, 0.2) is 0 Å². The van der Waals surface area contributed by atoms with E-state index in [9.17, 15) is 0 Å². The van der Waals surface area contributed by atoms with E-state index in [4.69, 9.17) is 4.74 Å². The fourth-order valence-corrected chi connectivity index (χ4v) is 1.05. The smallest absolute Gasteiger partial charge is 0.119 e. The van der Waals surface area contributed by atoms with Gasteiger partial charge in [-0.2, -0.15) is 0 Å². The largest absolute Gasteiger partial charge is 0.493 e. The van der Waals surface area contributed by atoms with Gasteiger partial charge in [-0.05, 0) is 31.5 Å². The topological polar surface area (TPSA) is 9.23 Å². The van der Waals surface area contributed by atoms with Crippen LogP contribution < -0.4 is 4.74 Å². The molecule has 0 heterocycles. The monoisotopic (exact) mass is 174 g/mol. The fraction of sp³-hybridized carbons (Fsp3) is 0.333. The quantitative estimate of drug-likeness (QED) is 0.505. The maximum atomic E-state index is 5.49. The average Bonchev–Trinajstić information content (AvgIpc) is 2.13. The zero-order valence-corrected chi connectivity index (χ0v) is 8.13. The van der Waals surface area contributed by atoms with E-state index in [1.807, 2.05) is 25.1 Å². The summed E-state index contributed by atoms with van der Waals surface area (Å²) in [5, 5.41) is 0. The first-order valence-corrected chi connectivity index (χ1v) is 4.42. The lowest BCUT2D eigenvalue weighted by molar-refractivity contribution is 0.327. The Morgan fingerprint density at radius 1 is 1.38 bits per heavy atom. The highest BCUT2D eigenvalue weighted by molar-refractivity contribution is 5.27. The van der Waals surface area contributed by atoms with Gasteiger partial charge in [0.2, 0.25) is 0 Å². The first kappa shape index (κ1) is 9.67. The van der Waals surface area contributed by atoms with E-state index in [-0.39, 0.29) is 0 Å². The number of hydrogen-bond acceptors (Lipinski definition) is 1. The Morgan fingerprint density at radius 3 is 2.92 bits per heavy atom. The van der Waals surface area contributed by atoms with Gasteiger partial charge in [0.05, 0.1) is 6.61 Å². The van der Waals surface area contributed by atoms with Crippen molar-refractivity contribution in [2.45, 2.75) is 20.3 Å². The summed E-state index contributed by atoms with van der Waals surface area (Å²) in [6.07, 6.45) is 0.796. The van der Waals surface area contributed by atoms with Gasteiger partial charge in [0.1, 0.15) is 5.75 Å². The molecule has 13 heavy (non-hydrogen) atoms. The number of benzene rings is 1. The van der Waals surface area contributed by atoms with Crippen LogP contribution in [0.4, 0.5) is 0 Å². The highest BCUT2D eigenvalue weighted by Gasteiger charge is 1.91. The summed E-state index contributed by atoms with van der Waals surface area (Å²) in [5.41, 5.74) is 1.22. The Morgan fingerprint density at radius 2 is 2.23 bits per heavy atom. The van der Waals surface area contributed by atoms with Gasteiger partial charge in [-0.25, -0.2) is 0 Å². The summed E-state index contributed by atoms with van der Waals surface area (Å²) in [6.45, 7) is 4.57. The van der Waals surface area contributed by atoms with Gasteiger partial charge in [-0.15, -0.1) is 11.8 Å². The van der Waals surface area contributed by atoms with Gasteiger partial charge in [0.25, 0.3) is 0 Å².